The Balaban J connectivity index is 2.54. The van der Waals surface area contributed by atoms with Crippen LogP contribution in [-0.2, 0) is 9.59 Å². The first-order valence-corrected chi connectivity index (χ1v) is 2.87. The van der Waals surface area contributed by atoms with E-state index in [1.54, 1.807) is 0 Å². The normalized spacial score (nSPS) is 27.9. The number of hydrogen-bond acceptors (Lipinski definition) is 2. The molecule has 1 rings (SSSR count). The molecule has 9 heavy (non-hydrogen) atoms. The van der Waals surface area contributed by atoms with Gasteiger partial charge in [-0.2, -0.15) is 0 Å². The van der Waals surface area contributed by atoms with Crippen molar-refractivity contribution in [3.63, 3.8) is 0 Å². The Kier molecular flexibility index (Phi) is 1.48. The number of nitrogens with one attached hydrogen (secondary N) is 1. The monoisotopic (exact) mass is 129 g/mol. The number of piperidine rings is 1. The number of rotatable bonds is 0. The van der Waals surface area contributed by atoms with Crippen LogP contribution in [0.15, 0.2) is 0 Å². The number of imide groups is 1. The summed E-state index contributed by atoms with van der Waals surface area (Å²) in [4.78, 5) is 21.1. The molecule has 0 saturated carbocycles. The predicted molar refractivity (Wildman–Crippen MR) is 29.1 cm³/mol. The Bertz CT molecular complexity index is 155. The summed E-state index contributed by atoms with van der Waals surface area (Å²) in [7, 11) is 0. The number of carbonyl (C=O) groups excluding carboxylic acids is 2. The van der Waals surface area contributed by atoms with Gasteiger partial charge >= 0.3 is 0 Å². The lowest BCUT2D eigenvalue weighted by molar-refractivity contribution is -0.405. The van der Waals surface area contributed by atoms with Crippen molar-refractivity contribution in [2.45, 2.75) is 18.9 Å². The molecule has 1 saturated heterocycles. The lowest BCUT2D eigenvalue weighted by Crippen LogP contribution is -2.69. The van der Waals surface area contributed by atoms with Crippen molar-refractivity contribution in [2.75, 3.05) is 0 Å². The zero-order chi connectivity index (χ0) is 6.85. The third kappa shape index (κ3) is 1.26. The quantitative estimate of drug-likeness (QED) is 0.372. The van der Waals surface area contributed by atoms with E-state index < -0.39 is 0 Å². The van der Waals surface area contributed by atoms with Gasteiger partial charge < -0.3 is 5.73 Å². The van der Waals surface area contributed by atoms with Crippen molar-refractivity contribution in [3.05, 3.63) is 0 Å². The lowest BCUT2D eigenvalue weighted by atomic mass is 10.1. The molecule has 50 valence electrons. The van der Waals surface area contributed by atoms with Gasteiger partial charge in [-0.25, -0.2) is 0 Å². The molecule has 1 fully saturated rings. The largest absolute Gasteiger partial charge is 0.347 e. The van der Waals surface area contributed by atoms with Crippen LogP contribution in [0.5, 0.6) is 0 Å². The molecule has 0 unspecified atom stereocenters. The van der Waals surface area contributed by atoms with Crippen LogP contribution in [0.25, 0.3) is 0 Å². The van der Waals surface area contributed by atoms with Crippen molar-refractivity contribution in [1.82, 2.24) is 5.32 Å². The Morgan fingerprint density at radius 3 is 2.67 bits per heavy atom. The summed E-state index contributed by atoms with van der Waals surface area (Å²) in [6.45, 7) is 0. The van der Waals surface area contributed by atoms with E-state index in [9.17, 15) is 9.59 Å². The first kappa shape index (κ1) is 6.22. The molecule has 0 spiro atoms. The Morgan fingerprint density at radius 2 is 2.22 bits per heavy atom. The predicted octanol–water partition coefficient (Wildman–Crippen LogP) is -1.97. The highest BCUT2D eigenvalue weighted by molar-refractivity contribution is 5.99. The minimum absolute atomic E-state index is 0.181. The minimum atomic E-state index is -0.244. The van der Waals surface area contributed by atoms with Gasteiger partial charge in [-0.05, 0) is 0 Å². The third-order valence-electron chi connectivity index (χ3n) is 1.35. The zero-order valence-electron chi connectivity index (χ0n) is 5.02. The molecule has 0 bridgehead atoms. The molecule has 0 aromatic rings. The van der Waals surface area contributed by atoms with Crippen molar-refractivity contribution in [1.29, 1.82) is 0 Å². The summed E-state index contributed by atoms with van der Waals surface area (Å²) in [6.07, 6.45) is 1.02. The number of quaternary nitrogens is 1. The van der Waals surface area contributed by atoms with Crippen LogP contribution in [0, 0.1) is 0 Å². The highest BCUT2D eigenvalue weighted by Gasteiger charge is 2.25. The average Bonchev–Trinajstić information content (AvgIpc) is 1.80. The molecule has 0 aliphatic carbocycles. The average molecular weight is 129 g/mol. The van der Waals surface area contributed by atoms with Crippen molar-refractivity contribution >= 4 is 11.8 Å². The Labute approximate surface area is 52.4 Å². The molecule has 0 aromatic carbocycles. The summed E-state index contributed by atoms with van der Waals surface area (Å²) in [5, 5.41) is 2.19. The van der Waals surface area contributed by atoms with Crippen LogP contribution < -0.4 is 11.1 Å². The van der Waals surface area contributed by atoms with E-state index in [1.807, 2.05) is 0 Å². The standard InChI is InChI=1S/C5H8N2O2/c6-3-1-2-4(8)7-5(3)9/h3H,1-2,6H2,(H,7,8,9)/p+1/t3-/m1/s1. The first-order valence-electron chi connectivity index (χ1n) is 2.87. The number of hydrogen-bond donors (Lipinski definition) is 2. The van der Waals surface area contributed by atoms with Gasteiger partial charge in [0.15, 0.2) is 6.04 Å². The second-order valence-electron chi connectivity index (χ2n) is 2.15. The SMILES string of the molecule is [NH3+][C@@H]1CCC(=O)NC1=O. The summed E-state index contributed by atoms with van der Waals surface area (Å²) in [5.74, 6) is -0.425. The van der Waals surface area contributed by atoms with E-state index in [0.29, 0.717) is 12.8 Å². The second kappa shape index (κ2) is 2.14. The lowest BCUT2D eigenvalue weighted by Gasteiger charge is -2.12. The molecule has 4 nitrogen and oxygen atoms in total. The number of carbonyl (C=O) groups is 2. The highest BCUT2D eigenvalue weighted by atomic mass is 16.2. The van der Waals surface area contributed by atoms with E-state index in [2.05, 4.69) is 11.1 Å². The van der Waals surface area contributed by atoms with Crippen molar-refractivity contribution in [3.8, 4) is 0 Å². The van der Waals surface area contributed by atoms with Crippen LogP contribution in [0.3, 0.4) is 0 Å². The fourth-order valence-electron chi connectivity index (χ4n) is 0.738. The molecule has 1 atom stereocenters. The van der Waals surface area contributed by atoms with Crippen molar-refractivity contribution < 1.29 is 15.3 Å². The summed E-state index contributed by atoms with van der Waals surface area (Å²) >= 11 is 0. The molecule has 4 N–H and O–H groups in total. The number of amides is 2. The van der Waals surface area contributed by atoms with Crippen molar-refractivity contribution in [2.24, 2.45) is 0 Å². The fraction of sp³-hybridized carbons (Fsp3) is 0.600. The Hall–Kier alpha value is -0.900. The van der Waals surface area contributed by atoms with Crippen LogP contribution in [0.1, 0.15) is 12.8 Å². The molecular weight excluding hydrogens is 120 g/mol. The summed E-state index contributed by atoms with van der Waals surface area (Å²) in [5.41, 5.74) is 3.55. The maximum absolute atomic E-state index is 10.6. The molecule has 1 aliphatic heterocycles. The molecule has 0 radical (unpaired) electrons. The van der Waals surface area contributed by atoms with Gasteiger partial charge in [0.2, 0.25) is 5.91 Å². The van der Waals surface area contributed by atoms with E-state index in [-0.39, 0.29) is 17.9 Å². The van der Waals surface area contributed by atoms with E-state index in [4.69, 9.17) is 0 Å². The molecule has 1 aliphatic rings. The second-order valence-corrected chi connectivity index (χ2v) is 2.15. The maximum Gasteiger partial charge on any atom is 0.284 e. The molecule has 2 amide bonds. The molecular formula is C5H9N2O2+. The van der Waals surface area contributed by atoms with E-state index in [0.717, 1.165) is 0 Å². The van der Waals surface area contributed by atoms with Crippen LogP contribution >= 0.6 is 0 Å². The first-order chi connectivity index (χ1) is 4.20. The molecule has 0 aromatic heterocycles. The third-order valence-corrected chi connectivity index (χ3v) is 1.35. The maximum atomic E-state index is 10.6. The fourth-order valence-corrected chi connectivity index (χ4v) is 0.738. The zero-order valence-corrected chi connectivity index (χ0v) is 5.02. The summed E-state index contributed by atoms with van der Waals surface area (Å²) < 4.78 is 0. The van der Waals surface area contributed by atoms with E-state index >= 15 is 0 Å². The minimum Gasteiger partial charge on any atom is -0.347 e. The van der Waals surface area contributed by atoms with Gasteiger partial charge in [-0.3, -0.25) is 14.9 Å². The van der Waals surface area contributed by atoms with Crippen LogP contribution in [0.2, 0.25) is 0 Å². The van der Waals surface area contributed by atoms with Gasteiger partial charge in [0.25, 0.3) is 5.91 Å². The van der Waals surface area contributed by atoms with Gasteiger partial charge in [-0.15, -0.1) is 0 Å². The van der Waals surface area contributed by atoms with Gasteiger partial charge in [0.05, 0.1) is 0 Å². The Morgan fingerprint density at radius 1 is 1.56 bits per heavy atom. The smallest absolute Gasteiger partial charge is 0.284 e. The van der Waals surface area contributed by atoms with Gasteiger partial charge in [0.1, 0.15) is 0 Å². The highest BCUT2D eigenvalue weighted by Crippen LogP contribution is 1.98. The van der Waals surface area contributed by atoms with Gasteiger partial charge in [-0.1, -0.05) is 0 Å². The van der Waals surface area contributed by atoms with Gasteiger partial charge in [0, 0.05) is 12.8 Å². The topological polar surface area (TPSA) is 73.8 Å². The molecule has 4 heteroatoms. The van der Waals surface area contributed by atoms with Crippen LogP contribution in [-0.4, -0.2) is 17.9 Å². The summed E-state index contributed by atoms with van der Waals surface area (Å²) in [6, 6.07) is -0.234. The van der Waals surface area contributed by atoms with Crippen LogP contribution in [0.4, 0.5) is 0 Å². The van der Waals surface area contributed by atoms with E-state index in [1.165, 1.54) is 0 Å². The molecule has 1 heterocycles.